The smallest absolute Gasteiger partial charge is 1.00 e. The van der Waals surface area contributed by atoms with Gasteiger partial charge in [0.05, 0.1) is 0 Å². The molecular weight excluding hydrogens is 97.5 g/mol. The molecule has 0 nitrogen and oxygen atoms in total. The monoisotopic (exact) mass is 104 g/mol. The van der Waals surface area contributed by atoms with E-state index in [0.717, 1.165) is 0 Å². The molecule has 0 aliphatic heterocycles. The van der Waals surface area contributed by atoms with E-state index in [0.29, 0.717) is 0 Å². The molecule has 0 aliphatic rings. The molecule has 5 heteroatoms. The summed E-state index contributed by atoms with van der Waals surface area (Å²) >= 11 is 0. The summed E-state index contributed by atoms with van der Waals surface area (Å²) < 4.78 is 0. The van der Waals surface area contributed by atoms with E-state index in [-0.39, 0.29) is 108 Å². The Labute approximate surface area is 106 Å². The fourth-order valence-corrected chi connectivity index (χ4v) is 0. The normalized spacial score (nSPS) is 0. The summed E-state index contributed by atoms with van der Waals surface area (Å²) in [5.74, 6) is 0. The Morgan fingerprint density at radius 1 is 1.00 bits per heavy atom. The first kappa shape index (κ1) is 42.9. The molecule has 20 valence electrons. The Bertz CT molecular complexity index is 20.5. The quantitative estimate of drug-likeness (QED) is 0.269. The maximum Gasteiger partial charge on any atom is 2.00 e. The minimum Gasteiger partial charge on any atom is -1.00 e. The minimum atomic E-state index is 0. The van der Waals surface area contributed by atoms with E-state index >= 15 is 0 Å². The fourth-order valence-electron chi connectivity index (χ4n) is 0. The van der Waals surface area contributed by atoms with E-state index in [4.69, 9.17) is 0 Å². The summed E-state index contributed by atoms with van der Waals surface area (Å²) in [5.41, 5.74) is 0. The molecule has 0 rings (SSSR count). The molecule has 0 atom stereocenters. The number of hydrogen-bond donors (Lipinski definition) is 0. The maximum absolute atomic E-state index is 0. The van der Waals surface area contributed by atoms with Crippen LogP contribution in [0.25, 0.3) is 0 Å². The second-order valence-corrected chi connectivity index (χ2v) is 0. The van der Waals surface area contributed by atoms with Crippen molar-refractivity contribution in [2.24, 2.45) is 0 Å². The predicted octanol–water partition coefficient (Wildman–Crippen LogP) is -5.93. The van der Waals surface area contributed by atoms with Crippen LogP contribution >= 0.6 is 0 Å². The molecule has 0 fully saturated rings. The Morgan fingerprint density at radius 3 is 1.00 bits per heavy atom. The second-order valence-electron chi connectivity index (χ2n) is 0. The standard InChI is InChI=1S/FH.Li.2Mg.Na.6H/h1H;;;;;;;;;;/q;+1;2*+2;+1;6*-1. The van der Waals surface area contributed by atoms with Gasteiger partial charge in [-0.2, -0.15) is 0 Å². The van der Waals surface area contributed by atoms with Crippen molar-refractivity contribution in [3.63, 3.8) is 0 Å². The third-order valence-electron chi connectivity index (χ3n) is 0. The van der Waals surface area contributed by atoms with Crippen LogP contribution in [0.1, 0.15) is 8.56 Å². The van der Waals surface area contributed by atoms with Gasteiger partial charge < -0.3 is 8.56 Å². The average Bonchev–Trinajstić information content (AvgIpc) is 0. The topological polar surface area (TPSA) is 0 Å². The van der Waals surface area contributed by atoms with Gasteiger partial charge in [-0.1, -0.05) is 0 Å². The summed E-state index contributed by atoms with van der Waals surface area (Å²) in [6.45, 7) is 0. The minimum absolute atomic E-state index is 0. The van der Waals surface area contributed by atoms with E-state index in [1.165, 1.54) is 0 Å². The number of hydrogen-bond acceptors (Lipinski definition) is 0. The number of rotatable bonds is 0. The molecule has 0 radical (unpaired) electrons. The molecule has 0 aromatic rings. The third-order valence-corrected chi connectivity index (χ3v) is 0. The van der Waals surface area contributed by atoms with E-state index in [1.807, 2.05) is 0 Å². The summed E-state index contributed by atoms with van der Waals surface area (Å²) in [4.78, 5) is 0. The van der Waals surface area contributed by atoms with Gasteiger partial charge in [-0.05, 0) is 0 Å². The molecule has 0 amide bonds. The third kappa shape index (κ3) is 19.3. The SMILES string of the molecule is F.[H-].[H-].[H-].[H-].[H-].[H-].[Li+].[Mg+2].[Mg+2].[Na+]. The van der Waals surface area contributed by atoms with E-state index < -0.39 is 0 Å². The molecular formula is H7FLiMg2Na. The summed E-state index contributed by atoms with van der Waals surface area (Å²) in [6.07, 6.45) is 0. The predicted molar refractivity (Wildman–Crippen MR) is 20.7 cm³/mol. The van der Waals surface area contributed by atoms with Crippen LogP contribution in [0.15, 0.2) is 0 Å². The van der Waals surface area contributed by atoms with E-state index in [1.54, 1.807) is 0 Å². The Kier molecular flexibility index (Phi) is 238. The van der Waals surface area contributed by atoms with Gasteiger partial charge in [0.1, 0.15) is 0 Å². The number of halogens is 1. The van der Waals surface area contributed by atoms with Crippen LogP contribution in [-0.4, -0.2) is 46.1 Å². The second kappa shape index (κ2) is 27.7. The molecule has 0 bridgehead atoms. The van der Waals surface area contributed by atoms with Gasteiger partial charge in [0.2, 0.25) is 0 Å². The molecule has 0 aromatic carbocycles. The van der Waals surface area contributed by atoms with Crippen molar-refractivity contribution in [1.29, 1.82) is 0 Å². The molecule has 0 spiro atoms. The van der Waals surface area contributed by atoms with Gasteiger partial charge in [-0.3, -0.25) is 4.70 Å². The molecule has 0 heterocycles. The first-order chi connectivity index (χ1) is 0. The van der Waals surface area contributed by atoms with E-state index in [9.17, 15) is 0 Å². The average molecular weight is 105 g/mol. The van der Waals surface area contributed by atoms with Gasteiger partial charge >= 0.3 is 94.5 Å². The van der Waals surface area contributed by atoms with Crippen LogP contribution < -0.4 is 48.4 Å². The van der Waals surface area contributed by atoms with Crippen molar-refractivity contribution in [1.82, 2.24) is 0 Å². The molecule has 0 saturated heterocycles. The first-order valence-corrected chi connectivity index (χ1v) is 0. The van der Waals surface area contributed by atoms with Crippen molar-refractivity contribution in [2.45, 2.75) is 0 Å². The van der Waals surface area contributed by atoms with Crippen molar-refractivity contribution < 1.29 is 61.7 Å². The van der Waals surface area contributed by atoms with Crippen molar-refractivity contribution in [3.05, 3.63) is 0 Å². The molecule has 0 aliphatic carbocycles. The summed E-state index contributed by atoms with van der Waals surface area (Å²) in [7, 11) is 0. The maximum atomic E-state index is 0. The van der Waals surface area contributed by atoms with Gasteiger partial charge in [0.15, 0.2) is 0 Å². The molecule has 0 unspecified atom stereocenters. The van der Waals surface area contributed by atoms with Gasteiger partial charge in [0, 0.05) is 0 Å². The van der Waals surface area contributed by atoms with Gasteiger partial charge in [-0.25, -0.2) is 0 Å². The Morgan fingerprint density at radius 2 is 1.00 bits per heavy atom. The molecule has 0 N–H and O–H groups in total. The van der Waals surface area contributed by atoms with Crippen LogP contribution in [-0.2, 0) is 0 Å². The Hall–Kier alpha value is 3.06. The van der Waals surface area contributed by atoms with Crippen LogP contribution in [0.5, 0.6) is 0 Å². The molecule has 0 aromatic heterocycles. The fraction of sp³-hybridized carbons (Fsp3) is 0. The first-order valence-electron chi connectivity index (χ1n) is 0. The van der Waals surface area contributed by atoms with Crippen molar-refractivity contribution >= 4 is 46.1 Å². The van der Waals surface area contributed by atoms with Gasteiger partial charge in [0.25, 0.3) is 0 Å². The zero-order chi connectivity index (χ0) is 0. The van der Waals surface area contributed by atoms with Crippen LogP contribution in [0, 0.1) is 0 Å². The van der Waals surface area contributed by atoms with E-state index in [2.05, 4.69) is 0 Å². The van der Waals surface area contributed by atoms with Crippen LogP contribution in [0.3, 0.4) is 0 Å². The molecule has 0 saturated carbocycles. The summed E-state index contributed by atoms with van der Waals surface area (Å²) in [6, 6.07) is 0. The zero-order valence-corrected chi connectivity index (χ0v) is 8.65. The van der Waals surface area contributed by atoms with Crippen molar-refractivity contribution in [2.75, 3.05) is 0 Å². The van der Waals surface area contributed by atoms with Gasteiger partial charge in [-0.15, -0.1) is 0 Å². The largest absolute Gasteiger partial charge is 2.00 e. The van der Waals surface area contributed by atoms with Crippen molar-refractivity contribution in [3.8, 4) is 0 Å². The zero-order valence-electron chi connectivity index (χ0n) is 9.82. The molecule has 5 heavy (non-hydrogen) atoms. The summed E-state index contributed by atoms with van der Waals surface area (Å²) in [5, 5.41) is 0. The van der Waals surface area contributed by atoms with Crippen LogP contribution in [0.4, 0.5) is 4.70 Å². The Balaban J connectivity index is 0. The van der Waals surface area contributed by atoms with Crippen LogP contribution in [0.2, 0.25) is 0 Å².